The maximum Gasteiger partial charge on any atom is -0.0144 e. The minimum absolute atomic E-state index is 0.581. The molecular weight excluding hydrogens is 228 g/mol. The molecule has 0 spiro atoms. The highest BCUT2D eigenvalue weighted by Gasteiger charge is 2.13. The molecule has 2 aromatic rings. The van der Waals surface area contributed by atoms with Gasteiger partial charge in [0.15, 0.2) is 0 Å². The summed E-state index contributed by atoms with van der Waals surface area (Å²) in [6, 6.07) is 17.4. The summed E-state index contributed by atoms with van der Waals surface area (Å²) in [5.74, 6) is 0.581. The van der Waals surface area contributed by atoms with E-state index in [0.29, 0.717) is 5.92 Å². The molecule has 3 rings (SSSR count). The molecule has 1 unspecified atom stereocenters. The van der Waals surface area contributed by atoms with E-state index in [1.54, 1.807) is 0 Å². The van der Waals surface area contributed by atoms with Crippen molar-refractivity contribution in [2.45, 2.75) is 33.1 Å². The lowest BCUT2D eigenvalue weighted by Gasteiger charge is -2.18. The SMILES string of the molecule is CC.CC1Cc2ccccc2/C=C\c2ccccc21. The molecule has 0 amide bonds. The Morgan fingerprint density at radius 1 is 0.789 bits per heavy atom. The van der Waals surface area contributed by atoms with Crippen molar-refractivity contribution in [2.24, 2.45) is 0 Å². The molecule has 0 nitrogen and oxygen atoms in total. The summed E-state index contributed by atoms with van der Waals surface area (Å²) in [5, 5.41) is 0. The van der Waals surface area contributed by atoms with E-state index in [2.05, 4.69) is 67.6 Å². The van der Waals surface area contributed by atoms with Gasteiger partial charge < -0.3 is 0 Å². The van der Waals surface area contributed by atoms with Crippen LogP contribution < -0.4 is 0 Å². The van der Waals surface area contributed by atoms with E-state index < -0.39 is 0 Å². The zero-order chi connectivity index (χ0) is 13.7. The fourth-order valence-corrected chi connectivity index (χ4v) is 2.61. The number of benzene rings is 2. The number of hydrogen-bond acceptors (Lipinski definition) is 0. The molecule has 0 aromatic heterocycles. The standard InChI is InChI=1S/C17H16.C2H6/c1-13-12-16-8-3-2-6-14(16)10-11-15-7-4-5-9-17(13)15;1-2/h2-11,13H,12H2,1H3;1-2H3/b11-10-;. The first kappa shape index (κ1) is 13.6. The van der Waals surface area contributed by atoms with Crippen LogP contribution in [-0.2, 0) is 6.42 Å². The van der Waals surface area contributed by atoms with Crippen molar-refractivity contribution in [3.8, 4) is 0 Å². The summed E-state index contributed by atoms with van der Waals surface area (Å²) in [5.41, 5.74) is 5.62. The van der Waals surface area contributed by atoms with Crippen LogP contribution in [0.2, 0.25) is 0 Å². The summed E-state index contributed by atoms with van der Waals surface area (Å²) < 4.78 is 0. The van der Waals surface area contributed by atoms with Gasteiger partial charge in [0.2, 0.25) is 0 Å². The van der Waals surface area contributed by atoms with Crippen LogP contribution in [0.25, 0.3) is 12.2 Å². The van der Waals surface area contributed by atoms with Crippen LogP contribution in [0.1, 0.15) is 48.9 Å². The van der Waals surface area contributed by atoms with Gasteiger partial charge in [-0.2, -0.15) is 0 Å². The summed E-state index contributed by atoms with van der Waals surface area (Å²) >= 11 is 0. The van der Waals surface area contributed by atoms with Crippen molar-refractivity contribution in [1.29, 1.82) is 0 Å². The Labute approximate surface area is 116 Å². The van der Waals surface area contributed by atoms with Gasteiger partial charge in [-0.1, -0.05) is 81.5 Å². The molecule has 0 fully saturated rings. The van der Waals surface area contributed by atoms with Crippen LogP contribution in [0.5, 0.6) is 0 Å². The van der Waals surface area contributed by atoms with Crippen molar-refractivity contribution in [2.75, 3.05) is 0 Å². The zero-order valence-electron chi connectivity index (χ0n) is 12.1. The average molecular weight is 250 g/mol. The van der Waals surface area contributed by atoms with Crippen LogP contribution >= 0.6 is 0 Å². The Balaban J connectivity index is 0.000000637. The summed E-state index contributed by atoms with van der Waals surface area (Å²) in [6.07, 6.45) is 5.60. The lowest BCUT2D eigenvalue weighted by Crippen LogP contribution is -2.03. The lowest BCUT2D eigenvalue weighted by molar-refractivity contribution is 0.755. The van der Waals surface area contributed by atoms with Gasteiger partial charge in [-0.05, 0) is 34.6 Å². The second-order valence-corrected chi connectivity index (χ2v) is 4.77. The van der Waals surface area contributed by atoms with E-state index in [4.69, 9.17) is 0 Å². The Morgan fingerprint density at radius 2 is 1.37 bits per heavy atom. The molecule has 0 N–H and O–H groups in total. The summed E-state index contributed by atoms with van der Waals surface area (Å²) in [4.78, 5) is 0. The molecule has 19 heavy (non-hydrogen) atoms. The van der Waals surface area contributed by atoms with Gasteiger partial charge >= 0.3 is 0 Å². The van der Waals surface area contributed by atoms with E-state index in [1.807, 2.05) is 13.8 Å². The predicted molar refractivity (Wildman–Crippen MR) is 85.3 cm³/mol. The molecule has 0 saturated carbocycles. The van der Waals surface area contributed by atoms with E-state index in [0.717, 1.165) is 6.42 Å². The van der Waals surface area contributed by atoms with Gasteiger partial charge in [-0.15, -0.1) is 0 Å². The number of rotatable bonds is 0. The molecule has 98 valence electrons. The molecule has 0 heteroatoms. The van der Waals surface area contributed by atoms with Crippen LogP contribution in [0.3, 0.4) is 0 Å². The molecular formula is C19H22. The maximum absolute atomic E-state index is 2.31. The molecule has 0 saturated heterocycles. The largest absolute Gasteiger partial charge is 0.0683 e. The van der Waals surface area contributed by atoms with Gasteiger partial charge in [0, 0.05) is 0 Å². The Morgan fingerprint density at radius 3 is 2.16 bits per heavy atom. The minimum Gasteiger partial charge on any atom is -0.0683 e. The Kier molecular flexibility index (Phi) is 4.57. The van der Waals surface area contributed by atoms with Crippen molar-refractivity contribution in [3.63, 3.8) is 0 Å². The van der Waals surface area contributed by atoms with Crippen LogP contribution in [-0.4, -0.2) is 0 Å². The molecule has 0 aliphatic heterocycles. The third kappa shape index (κ3) is 2.96. The molecule has 0 bridgehead atoms. The quantitative estimate of drug-likeness (QED) is 0.575. The lowest BCUT2D eigenvalue weighted by atomic mass is 9.86. The molecule has 1 aliphatic rings. The Bertz CT molecular complexity index is 564. The molecule has 1 aliphatic carbocycles. The summed E-state index contributed by atoms with van der Waals surface area (Å²) in [6.45, 7) is 6.31. The normalized spacial score (nSPS) is 17.9. The van der Waals surface area contributed by atoms with Crippen molar-refractivity contribution in [1.82, 2.24) is 0 Å². The highest BCUT2D eigenvalue weighted by molar-refractivity contribution is 5.73. The van der Waals surface area contributed by atoms with Gasteiger partial charge in [0.05, 0.1) is 0 Å². The topological polar surface area (TPSA) is 0 Å². The Hall–Kier alpha value is -1.82. The number of hydrogen-bond donors (Lipinski definition) is 0. The van der Waals surface area contributed by atoms with E-state index in [1.165, 1.54) is 22.3 Å². The first-order valence-corrected chi connectivity index (χ1v) is 7.19. The predicted octanol–water partition coefficient (Wildman–Crippen LogP) is 5.54. The summed E-state index contributed by atoms with van der Waals surface area (Å²) in [7, 11) is 0. The fraction of sp³-hybridized carbons (Fsp3) is 0.263. The van der Waals surface area contributed by atoms with Crippen LogP contribution in [0, 0.1) is 0 Å². The van der Waals surface area contributed by atoms with Crippen LogP contribution in [0.15, 0.2) is 48.5 Å². The minimum atomic E-state index is 0.581. The fourth-order valence-electron chi connectivity index (χ4n) is 2.61. The van der Waals surface area contributed by atoms with E-state index in [9.17, 15) is 0 Å². The second kappa shape index (κ2) is 6.38. The van der Waals surface area contributed by atoms with Gasteiger partial charge in [-0.3, -0.25) is 0 Å². The van der Waals surface area contributed by atoms with Gasteiger partial charge in [0.25, 0.3) is 0 Å². The molecule has 1 atom stereocenters. The maximum atomic E-state index is 2.31. The molecule has 0 heterocycles. The third-order valence-corrected chi connectivity index (χ3v) is 3.55. The van der Waals surface area contributed by atoms with Crippen molar-refractivity contribution >= 4 is 12.2 Å². The van der Waals surface area contributed by atoms with Crippen molar-refractivity contribution < 1.29 is 0 Å². The molecule has 2 aromatic carbocycles. The highest BCUT2D eigenvalue weighted by atomic mass is 14.2. The smallest absolute Gasteiger partial charge is 0.0144 e. The molecule has 0 radical (unpaired) electrons. The van der Waals surface area contributed by atoms with Crippen LogP contribution in [0.4, 0.5) is 0 Å². The first-order chi connectivity index (χ1) is 9.34. The highest BCUT2D eigenvalue weighted by Crippen LogP contribution is 2.29. The third-order valence-electron chi connectivity index (χ3n) is 3.55. The van der Waals surface area contributed by atoms with E-state index >= 15 is 0 Å². The number of fused-ring (bicyclic) bond motifs is 2. The van der Waals surface area contributed by atoms with Gasteiger partial charge in [0.1, 0.15) is 0 Å². The van der Waals surface area contributed by atoms with E-state index in [-0.39, 0.29) is 0 Å². The second-order valence-electron chi connectivity index (χ2n) is 4.77. The first-order valence-electron chi connectivity index (χ1n) is 7.19. The van der Waals surface area contributed by atoms with Crippen molar-refractivity contribution in [3.05, 3.63) is 70.8 Å². The average Bonchev–Trinajstić information content (AvgIpc) is 2.47. The zero-order valence-corrected chi connectivity index (χ0v) is 12.1. The monoisotopic (exact) mass is 250 g/mol. The van der Waals surface area contributed by atoms with Gasteiger partial charge in [-0.25, -0.2) is 0 Å².